The summed E-state index contributed by atoms with van der Waals surface area (Å²) in [5.41, 5.74) is 0. The first-order valence-electron chi connectivity index (χ1n) is 32.1. The van der Waals surface area contributed by atoms with E-state index in [2.05, 4.69) is 31.3 Å². The van der Waals surface area contributed by atoms with Crippen molar-refractivity contribution in [2.45, 2.75) is 366 Å². The van der Waals surface area contributed by atoms with Crippen LogP contribution in [0.3, 0.4) is 0 Å². The van der Waals surface area contributed by atoms with Gasteiger partial charge in [-0.1, -0.05) is 308 Å². The van der Waals surface area contributed by atoms with Crippen LogP contribution in [0.15, 0.2) is 24.3 Å². The Kier molecular flexibility index (Phi) is 59.5. The van der Waals surface area contributed by atoms with E-state index in [4.69, 9.17) is 4.74 Å². The van der Waals surface area contributed by atoms with Crippen molar-refractivity contribution in [3.63, 3.8) is 0 Å². The highest BCUT2D eigenvalue weighted by Crippen LogP contribution is 2.18. The van der Waals surface area contributed by atoms with Crippen LogP contribution in [-0.4, -0.2) is 47.4 Å². The third-order valence-corrected chi connectivity index (χ3v) is 15.0. The van der Waals surface area contributed by atoms with Crippen LogP contribution >= 0.6 is 0 Å². The number of allylic oxidation sites excluding steroid dienone is 3. The van der Waals surface area contributed by atoms with Crippen molar-refractivity contribution in [2.24, 2.45) is 0 Å². The zero-order valence-electron chi connectivity index (χ0n) is 48.0. The first-order chi connectivity index (χ1) is 35.0. The first kappa shape index (κ1) is 69.3. The molecule has 0 rings (SSSR count). The Labute approximate surface area is 443 Å². The Bertz CT molecular complexity index is 1110. The minimum atomic E-state index is -0.847. The molecule has 0 heterocycles. The van der Waals surface area contributed by atoms with Crippen molar-refractivity contribution in [1.29, 1.82) is 0 Å². The molecule has 0 saturated heterocycles. The van der Waals surface area contributed by atoms with Crippen molar-refractivity contribution in [1.82, 2.24) is 5.32 Å². The van der Waals surface area contributed by atoms with Gasteiger partial charge in [-0.05, 0) is 57.8 Å². The molecule has 0 spiro atoms. The van der Waals surface area contributed by atoms with Gasteiger partial charge in [0.05, 0.1) is 25.4 Å². The minimum Gasteiger partial charge on any atom is -0.466 e. The Morgan fingerprint density at radius 2 is 0.662 bits per heavy atom. The number of ether oxygens (including phenoxy) is 1. The number of nitrogens with one attached hydrogen (secondary N) is 1. The molecule has 2 unspecified atom stereocenters. The average molecular weight is 1000 g/mol. The van der Waals surface area contributed by atoms with E-state index in [9.17, 15) is 19.8 Å². The van der Waals surface area contributed by atoms with Gasteiger partial charge in [-0.15, -0.1) is 0 Å². The third-order valence-electron chi connectivity index (χ3n) is 15.0. The molecule has 0 aliphatic heterocycles. The molecule has 0 saturated carbocycles. The molecule has 0 aromatic carbocycles. The molecule has 1 amide bonds. The summed E-state index contributed by atoms with van der Waals surface area (Å²) in [6, 6.07) is -0.630. The summed E-state index contributed by atoms with van der Waals surface area (Å²) in [5.74, 6) is -0.0554. The van der Waals surface area contributed by atoms with Crippen LogP contribution in [0.25, 0.3) is 0 Å². The highest BCUT2D eigenvalue weighted by atomic mass is 16.5. The fourth-order valence-corrected chi connectivity index (χ4v) is 10.0. The molecule has 0 aromatic rings. The molecule has 6 nitrogen and oxygen atoms in total. The lowest BCUT2D eigenvalue weighted by Gasteiger charge is -2.20. The fraction of sp³-hybridized carbons (Fsp3) is 0.908. The Balaban J connectivity index is 3.41. The van der Waals surface area contributed by atoms with E-state index < -0.39 is 12.1 Å². The summed E-state index contributed by atoms with van der Waals surface area (Å²) in [6.07, 6.45) is 75.1. The highest BCUT2D eigenvalue weighted by molar-refractivity contribution is 5.76. The summed E-state index contributed by atoms with van der Waals surface area (Å²) >= 11 is 0. The standard InChI is InChI=1S/C65H125NO5/c1-3-5-7-9-11-13-15-17-29-33-37-41-45-49-53-57-63(68)62(61-67)66-64(69)58-54-50-46-42-38-34-31-27-25-23-21-19-20-22-24-26-28-32-36-40-44-48-52-56-60-71-65(70)59-55-51-47-43-39-35-30-18-16-14-12-10-8-6-4-2/h21,23,53,57,62-63,67-68H,3-20,22,24-52,54-56,58-61H2,1-2H3,(H,66,69)/b23-21-,57-53+. The zero-order valence-corrected chi connectivity index (χ0v) is 48.0. The molecule has 0 radical (unpaired) electrons. The van der Waals surface area contributed by atoms with Gasteiger partial charge >= 0.3 is 5.97 Å². The second kappa shape index (κ2) is 60.9. The van der Waals surface area contributed by atoms with Crippen LogP contribution in [0.5, 0.6) is 0 Å². The largest absolute Gasteiger partial charge is 0.466 e. The summed E-state index contributed by atoms with van der Waals surface area (Å²) < 4.78 is 5.49. The van der Waals surface area contributed by atoms with Gasteiger partial charge in [0.2, 0.25) is 5.91 Å². The number of esters is 1. The number of aliphatic hydroxyl groups is 2. The second-order valence-electron chi connectivity index (χ2n) is 22.1. The summed E-state index contributed by atoms with van der Waals surface area (Å²) in [4.78, 5) is 24.5. The maximum atomic E-state index is 12.5. The first-order valence-corrected chi connectivity index (χ1v) is 32.1. The zero-order chi connectivity index (χ0) is 51.4. The molecular weight excluding hydrogens is 875 g/mol. The van der Waals surface area contributed by atoms with Gasteiger partial charge in [0.15, 0.2) is 0 Å². The lowest BCUT2D eigenvalue weighted by Crippen LogP contribution is -2.45. The molecule has 0 aromatic heterocycles. The number of hydrogen-bond acceptors (Lipinski definition) is 5. The molecule has 0 fully saturated rings. The highest BCUT2D eigenvalue weighted by Gasteiger charge is 2.18. The van der Waals surface area contributed by atoms with Crippen molar-refractivity contribution >= 4 is 11.9 Å². The lowest BCUT2D eigenvalue weighted by atomic mass is 10.0. The van der Waals surface area contributed by atoms with E-state index >= 15 is 0 Å². The smallest absolute Gasteiger partial charge is 0.305 e. The molecule has 3 N–H and O–H groups in total. The number of rotatable bonds is 60. The van der Waals surface area contributed by atoms with Gasteiger partial charge in [0.25, 0.3) is 0 Å². The normalized spacial score (nSPS) is 12.7. The summed E-state index contributed by atoms with van der Waals surface area (Å²) in [5, 5.41) is 23.1. The average Bonchev–Trinajstić information content (AvgIpc) is 3.37. The van der Waals surface area contributed by atoms with E-state index in [1.54, 1.807) is 6.08 Å². The molecule has 2 atom stereocenters. The van der Waals surface area contributed by atoms with Crippen molar-refractivity contribution in [2.75, 3.05) is 13.2 Å². The van der Waals surface area contributed by atoms with Crippen LogP contribution in [0.1, 0.15) is 354 Å². The van der Waals surface area contributed by atoms with E-state index in [0.717, 1.165) is 38.5 Å². The van der Waals surface area contributed by atoms with E-state index in [1.165, 1.54) is 289 Å². The maximum absolute atomic E-state index is 12.5. The van der Waals surface area contributed by atoms with Gasteiger partial charge in [-0.3, -0.25) is 9.59 Å². The SMILES string of the molecule is CCCCCCCCCCCCCCC/C=C/C(O)C(CO)NC(=O)CCCCCCCCCC/C=C\CCCCCCCCCCCCCCOC(=O)CCCCCCCCCCCCCCCCC. The monoisotopic (exact) mass is 1000 g/mol. The topological polar surface area (TPSA) is 95.9 Å². The molecule has 6 heteroatoms. The fourth-order valence-electron chi connectivity index (χ4n) is 10.0. The number of amides is 1. The van der Waals surface area contributed by atoms with Gasteiger partial charge in [0, 0.05) is 12.8 Å². The number of unbranched alkanes of at least 4 members (excludes halogenated alkanes) is 47. The molecule has 420 valence electrons. The Morgan fingerprint density at radius 3 is 1.00 bits per heavy atom. The number of hydrogen-bond donors (Lipinski definition) is 3. The van der Waals surface area contributed by atoms with Crippen molar-refractivity contribution in [3.05, 3.63) is 24.3 Å². The van der Waals surface area contributed by atoms with E-state index in [-0.39, 0.29) is 18.5 Å². The predicted molar refractivity (Wildman–Crippen MR) is 310 cm³/mol. The summed E-state index contributed by atoms with van der Waals surface area (Å²) in [7, 11) is 0. The number of aliphatic hydroxyl groups excluding tert-OH is 2. The summed E-state index contributed by atoms with van der Waals surface area (Å²) in [6.45, 7) is 4.93. The van der Waals surface area contributed by atoms with Crippen molar-refractivity contribution in [3.8, 4) is 0 Å². The molecule has 0 bridgehead atoms. The minimum absolute atomic E-state index is 0.0153. The lowest BCUT2D eigenvalue weighted by molar-refractivity contribution is -0.143. The van der Waals surface area contributed by atoms with Crippen LogP contribution in [0.2, 0.25) is 0 Å². The van der Waals surface area contributed by atoms with E-state index in [1.807, 2.05) is 6.08 Å². The predicted octanol–water partition coefficient (Wildman–Crippen LogP) is 20.2. The Hall–Kier alpha value is -1.66. The molecule has 71 heavy (non-hydrogen) atoms. The van der Waals surface area contributed by atoms with Crippen LogP contribution in [0.4, 0.5) is 0 Å². The quantitative estimate of drug-likeness (QED) is 0.0320. The molecule has 0 aliphatic carbocycles. The van der Waals surface area contributed by atoms with Crippen LogP contribution in [-0.2, 0) is 14.3 Å². The molecule has 0 aliphatic rings. The second-order valence-corrected chi connectivity index (χ2v) is 22.1. The maximum Gasteiger partial charge on any atom is 0.305 e. The van der Waals surface area contributed by atoms with Gasteiger partial charge in [0.1, 0.15) is 0 Å². The van der Waals surface area contributed by atoms with Gasteiger partial charge in [-0.2, -0.15) is 0 Å². The molecular formula is C65H125NO5. The van der Waals surface area contributed by atoms with Crippen LogP contribution in [0, 0.1) is 0 Å². The third kappa shape index (κ3) is 57.5. The van der Waals surface area contributed by atoms with E-state index in [0.29, 0.717) is 19.4 Å². The van der Waals surface area contributed by atoms with Gasteiger partial charge in [-0.25, -0.2) is 0 Å². The van der Waals surface area contributed by atoms with Crippen molar-refractivity contribution < 1.29 is 24.5 Å². The van der Waals surface area contributed by atoms with Gasteiger partial charge < -0.3 is 20.3 Å². The number of carbonyl (C=O) groups excluding carboxylic acids is 2. The Morgan fingerprint density at radius 1 is 0.380 bits per heavy atom. The van der Waals surface area contributed by atoms with Crippen LogP contribution < -0.4 is 5.32 Å². The number of carbonyl (C=O) groups is 2.